The van der Waals surface area contributed by atoms with Crippen molar-refractivity contribution in [2.45, 2.75) is 85.2 Å². The summed E-state index contributed by atoms with van der Waals surface area (Å²) in [5, 5.41) is 0. The van der Waals surface area contributed by atoms with Gasteiger partial charge in [-0.15, -0.1) is 0 Å². The van der Waals surface area contributed by atoms with E-state index in [9.17, 15) is 14.4 Å². The van der Waals surface area contributed by atoms with E-state index in [4.69, 9.17) is 28.4 Å². The zero-order valence-corrected chi connectivity index (χ0v) is 17.0. The number of rotatable bonds is 11. The monoisotopic (exact) mass is 392 g/mol. The third-order valence-corrected chi connectivity index (χ3v) is 3.65. The molecule has 0 saturated carbocycles. The SMILES string of the molecule is CCC(C)OC(=O)OCC(COC(=O)OC(C)CC)OC(=O)OC(C)CC. The van der Waals surface area contributed by atoms with Crippen molar-refractivity contribution < 1.29 is 42.8 Å². The molecule has 9 heteroatoms. The predicted molar refractivity (Wildman–Crippen MR) is 95.5 cm³/mol. The van der Waals surface area contributed by atoms with Crippen molar-refractivity contribution in [1.29, 1.82) is 0 Å². The zero-order chi connectivity index (χ0) is 20.8. The van der Waals surface area contributed by atoms with Gasteiger partial charge in [-0.1, -0.05) is 20.8 Å². The Hall–Kier alpha value is -2.19. The van der Waals surface area contributed by atoms with E-state index in [-0.39, 0.29) is 31.5 Å². The number of hydrogen-bond acceptors (Lipinski definition) is 9. The maximum Gasteiger partial charge on any atom is 0.509 e. The molecule has 0 aliphatic carbocycles. The average molecular weight is 392 g/mol. The van der Waals surface area contributed by atoms with Crippen molar-refractivity contribution in [2.75, 3.05) is 13.2 Å². The Bertz CT molecular complexity index is 424. The number of hydrogen-bond donors (Lipinski definition) is 0. The first kappa shape index (κ1) is 24.8. The van der Waals surface area contributed by atoms with Crippen LogP contribution in [0.1, 0.15) is 60.8 Å². The van der Waals surface area contributed by atoms with E-state index in [1.165, 1.54) is 0 Å². The Balaban J connectivity index is 4.62. The highest BCUT2D eigenvalue weighted by molar-refractivity contribution is 5.62. The molecule has 0 amide bonds. The summed E-state index contributed by atoms with van der Waals surface area (Å²) in [6, 6.07) is 0. The van der Waals surface area contributed by atoms with Crippen molar-refractivity contribution in [2.24, 2.45) is 0 Å². The second-order valence-electron chi connectivity index (χ2n) is 6.12. The molecule has 0 bridgehead atoms. The number of ether oxygens (including phenoxy) is 6. The van der Waals surface area contributed by atoms with Gasteiger partial charge in [0.05, 0.1) is 0 Å². The van der Waals surface area contributed by atoms with Gasteiger partial charge in [0.1, 0.15) is 31.5 Å². The van der Waals surface area contributed by atoms with Crippen LogP contribution in [-0.4, -0.2) is 56.1 Å². The first-order valence-corrected chi connectivity index (χ1v) is 9.25. The molecule has 0 aliphatic rings. The van der Waals surface area contributed by atoms with Gasteiger partial charge in [0.15, 0.2) is 6.10 Å². The molecule has 0 rings (SSSR count). The van der Waals surface area contributed by atoms with Crippen molar-refractivity contribution in [3.63, 3.8) is 0 Å². The normalized spacial score (nSPS) is 14.9. The van der Waals surface area contributed by atoms with E-state index >= 15 is 0 Å². The second kappa shape index (κ2) is 13.9. The molecule has 3 unspecified atom stereocenters. The standard InChI is InChI=1S/C18H32O9/c1-7-12(4)24-16(19)22-10-15(27-18(21)26-14(6)9-3)11-23-17(20)25-13(5)8-2/h12-15H,7-11H2,1-6H3. The minimum Gasteiger partial charge on any atom is -0.431 e. The van der Waals surface area contributed by atoms with Gasteiger partial charge >= 0.3 is 18.5 Å². The van der Waals surface area contributed by atoms with Crippen molar-refractivity contribution in [1.82, 2.24) is 0 Å². The Kier molecular flexibility index (Phi) is 12.8. The molecule has 0 aliphatic heterocycles. The van der Waals surface area contributed by atoms with Crippen LogP contribution < -0.4 is 0 Å². The van der Waals surface area contributed by atoms with Gasteiger partial charge in [-0.05, 0) is 40.0 Å². The summed E-state index contributed by atoms with van der Waals surface area (Å²) in [7, 11) is 0. The Morgan fingerprint density at radius 2 is 0.926 bits per heavy atom. The molecule has 27 heavy (non-hydrogen) atoms. The third kappa shape index (κ3) is 12.7. The van der Waals surface area contributed by atoms with Crippen LogP contribution in [0.2, 0.25) is 0 Å². The molecule has 0 N–H and O–H groups in total. The maximum atomic E-state index is 11.8. The molecule has 0 fully saturated rings. The lowest BCUT2D eigenvalue weighted by Crippen LogP contribution is -2.33. The van der Waals surface area contributed by atoms with E-state index in [0.29, 0.717) is 19.3 Å². The summed E-state index contributed by atoms with van der Waals surface area (Å²) in [6.45, 7) is 9.97. The van der Waals surface area contributed by atoms with E-state index < -0.39 is 24.6 Å². The minimum absolute atomic E-state index is 0.311. The Morgan fingerprint density at radius 3 is 1.26 bits per heavy atom. The summed E-state index contributed by atoms with van der Waals surface area (Å²) in [5.74, 6) is 0. The van der Waals surface area contributed by atoms with E-state index in [1.54, 1.807) is 20.8 Å². The fourth-order valence-electron chi connectivity index (χ4n) is 1.41. The van der Waals surface area contributed by atoms with Crippen LogP contribution in [0.25, 0.3) is 0 Å². The number of carbonyl (C=O) groups is 3. The summed E-state index contributed by atoms with van der Waals surface area (Å²) in [5.41, 5.74) is 0. The molecule has 158 valence electrons. The van der Waals surface area contributed by atoms with Gasteiger partial charge in [-0.2, -0.15) is 0 Å². The van der Waals surface area contributed by atoms with Gasteiger partial charge in [0.2, 0.25) is 0 Å². The lowest BCUT2D eigenvalue weighted by atomic mass is 10.3. The molecule has 0 saturated heterocycles. The summed E-state index contributed by atoms with van der Waals surface area (Å²) in [4.78, 5) is 35.0. The van der Waals surface area contributed by atoms with Gasteiger partial charge in [-0.3, -0.25) is 0 Å². The first-order chi connectivity index (χ1) is 12.7. The minimum atomic E-state index is -1.06. The molecule has 0 aromatic carbocycles. The van der Waals surface area contributed by atoms with Gasteiger partial charge in [0.25, 0.3) is 0 Å². The van der Waals surface area contributed by atoms with E-state index in [1.807, 2.05) is 20.8 Å². The lowest BCUT2D eigenvalue weighted by molar-refractivity contribution is -0.0586. The largest absolute Gasteiger partial charge is 0.509 e. The first-order valence-electron chi connectivity index (χ1n) is 9.25. The lowest BCUT2D eigenvalue weighted by Gasteiger charge is -2.20. The summed E-state index contributed by atoms with van der Waals surface area (Å²) >= 11 is 0. The molecule has 0 aromatic heterocycles. The topological polar surface area (TPSA) is 107 Å². The van der Waals surface area contributed by atoms with E-state index in [2.05, 4.69) is 0 Å². The second-order valence-corrected chi connectivity index (χ2v) is 6.12. The fourth-order valence-corrected chi connectivity index (χ4v) is 1.41. The van der Waals surface area contributed by atoms with Crippen LogP contribution >= 0.6 is 0 Å². The smallest absolute Gasteiger partial charge is 0.431 e. The predicted octanol–water partition coefficient (Wildman–Crippen LogP) is 4.21. The quantitative estimate of drug-likeness (QED) is 0.377. The van der Waals surface area contributed by atoms with Crippen LogP contribution in [0.4, 0.5) is 14.4 Å². The van der Waals surface area contributed by atoms with Crippen LogP contribution in [0.3, 0.4) is 0 Å². The maximum absolute atomic E-state index is 11.8. The highest BCUT2D eigenvalue weighted by Crippen LogP contribution is 2.06. The Morgan fingerprint density at radius 1 is 0.593 bits per heavy atom. The molecule has 0 heterocycles. The molecular formula is C18H32O9. The highest BCUT2D eigenvalue weighted by Gasteiger charge is 2.23. The van der Waals surface area contributed by atoms with Crippen LogP contribution in [-0.2, 0) is 28.4 Å². The Labute approximate surface area is 160 Å². The fraction of sp³-hybridized carbons (Fsp3) is 0.833. The van der Waals surface area contributed by atoms with Crippen molar-refractivity contribution in [3.8, 4) is 0 Å². The highest BCUT2D eigenvalue weighted by atomic mass is 16.8. The van der Waals surface area contributed by atoms with Crippen molar-refractivity contribution in [3.05, 3.63) is 0 Å². The molecule has 0 spiro atoms. The summed E-state index contributed by atoms with van der Waals surface area (Å²) in [6.07, 6.45) is -2.93. The van der Waals surface area contributed by atoms with Crippen LogP contribution in [0.15, 0.2) is 0 Å². The molecule has 0 radical (unpaired) electrons. The van der Waals surface area contributed by atoms with Gasteiger partial charge in [-0.25, -0.2) is 14.4 Å². The van der Waals surface area contributed by atoms with Gasteiger partial charge < -0.3 is 28.4 Å². The van der Waals surface area contributed by atoms with Crippen LogP contribution in [0.5, 0.6) is 0 Å². The zero-order valence-electron chi connectivity index (χ0n) is 17.0. The number of carbonyl (C=O) groups excluding carboxylic acids is 3. The molecule has 9 nitrogen and oxygen atoms in total. The third-order valence-electron chi connectivity index (χ3n) is 3.65. The van der Waals surface area contributed by atoms with E-state index in [0.717, 1.165) is 0 Å². The van der Waals surface area contributed by atoms with Gasteiger partial charge in [0, 0.05) is 0 Å². The molecule has 0 aromatic rings. The summed E-state index contributed by atoms with van der Waals surface area (Å²) < 4.78 is 29.8. The molecule has 3 atom stereocenters. The van der Waals surface area contributed by atoms with Crippen LogP contribution in [0, 0.1) is 0 Å². The van der Waals surface area contributed by atoms with Crippen molar-refractivity contribution >= 4 is 18.5 Å². The average Bonchev–Trinajstić information content (AvgIpc) is 2.63. The molecular weight excluding hydrogens is 360 g/mol.